The Morgan fingerprint density at radius 3 is 2.80 bits per heavy atom. The molecule has 0 atom stereocenters. The van der Waals surface area contributed by atoms with Crippen LogP contribution in [-0.2, 0) is 6.54 Å². The van der Waals surface area contributed by atoms with Crippen LogP contribution in [0.5, 0.6) is 0 Å². The summed E-state index contributed by atoms with van der Waals surface area (Å²) in [7, 11) is 0. The number of aliphatic hydroxyl groups excluding tert-OH is 1. The van der Waals surface area contributed by atoms with E-state index in [4.69, 9.17) is 5.11 Å². The summed E-state index contributed by atoms with van der Waals surface area (Å²) in [5.74, 6) is 0.288. The first kappa shape index (κ1) is 14.6. The van der Waals surface area contributed by atoms with E-state index in [1.165, 1.54) is 0 Å². The van der Waals surface area contributed by atoms with Crippen LogP contribution >= 0.6 is 0 Å². The average Bonchev–Trinajstić information content (AvgIpc) is 2.77. The second-order valence-electron chi connectivity index (χ2n) is 4.41. The lowest BCUT2D eigenvalue weighted by atomic mass is 10.3. The number of imidazole rings is 1. The Hall–Kier alpha value is -1.79. The number of aromatic nitrogens is 2. The Morgan fingerprint density at radius 1 is 1.40 bits per heavy atom. The fraction of sp³-hybridized carbons (Fsp3) is 0.357. The molecule has 0 amide bonds. The molecule has 0 aliphatic rings. The van der Waals surface area contributed by atoms with Gasteiger partial charge in [0.15, 0.2) is 0 Å². The second-order valence-corrected chi connectivity index (χ2v) is 4.41. The molecule has 1 N–H and O–H groups in total. The van der Waals surface area contributed by atoms with Crippen LogP contribution in [0.1, 0.15) is 12.4 Å². The van der Waals surface area contributed by atoms with Gasteiger partial charge in [0.1, 0.15) is 5.82 Å². The lowest BCUT2D eigenvalue weighted by Gasteiger charge is -2.19. The molecule has 6 heteroatoms. The first-order chi connectivity index (χ1) is 9.67. The molecular weight excluding hydrogens is 264 g/mol. The van der Waals surface area contributed by atoms with Crippen LogP contribution in [0.3, 0.4) is 0 Å². The molecule has 0 aliphatic carbocycles. The minimum atomic E-state index is -2.64. The van der Waals surface area contributed by atoms with Gasteiger partial charge in [-0.2, -0.15) is 8.78 Å². The largest absolute Gasteiger partial charge is 0.395 e. The molecule has 0 unspecified atom stereocenters. The molecule has 1 aromatic heterocycles. The number of hydrogen-bond acceptors (Lipinski definition) is 3. The van der Waals surface area contributed by atoms with Crippen LogP contribution in [0.15, 0.2) is 36.9 Å². The smallest absolute Gasteiger partial charge is 0.320 e. The van der Waals surface area contributed by atoms with Crippen molar-refractivity contribution in [3.63, 3.8) is 0 Å². The highest BCUT2D eigenvalue weighted by Gasteiger charge is 2.18. The van der Waals surface area contributed by atoms with Crippen LogP contribution in [0.2, 0.25) is 0 Å². The van der Waals surface area contributed by atoms with E-state index < -0.39 is 6.55 Å². The highest BCUT2D eigenvalue weighted by molar-refractivity contribution is 5.75. The predicted molar refractivity (Wildman–Crippen MR) is 73.5 cm³/mol. The highest BCUT2D eigenvalue weighted by Crippen LogP contribution is 2.23. The lowest BCUT2D eigenvalue weighted by Crippen LogP contribution is -2.28. The number of hydrogen-bond donors (Lipinski definition) is 1. The maximum absolute atomic E-state index is 13.2. The molecule has 0 fully saturated rings. The van der Waals surface area contributed by atoms with Crippen molar-refractivity contribution >= 4 is 11.0 Å². The molecule has 0 aliphatic heterocycles. The third-order valence-electron chi connectivity index (χ3n) is 3.03. The Bertz CT molecular complexity index is 583. The van der Waals surface area contributed by atoms with Gasteiger partial charge < -0.3 is 5.11 Å². The maximum Gasteiger partial charge on any atom is 0.320 e. The number of rotatable bonds is 7. The minimum Gasteiger partial charge on any atom is -0.395 e. The summed E-state index contributed by atoms with van der Waals surface area (Å²) < 4.78 is 27.4. The fourth-order valence-corrected chi connectivity index (χ4v) is 2.18. The average molecular weight is 281 g/mol. The SMILES string of the molecule is C=CCN(CCO)Cc1nc2ccccc2n1C(F)F. The van der Waals surface area contributed by atoms with Gasteiger partial charge in [0.2, 0.25) is 0 Å². The van der Waals surface area contributed by atoms with Gasteiger partial charge in [0.25, 0.3) is 0 Å². The summed E-state index contributed by atoms with van der Waals surface area (Å²) in [6.45, 7) is 2.08. The lowest BCUT2D eigenvalue weighted by molar-refractivity contribution is 0.0681. The first-order valence-corrected chi connectivity index (χ1v) is 6.35. The number of halogens is 2. The molecule has 4 nitrogen and oxygen atoms in total. The summed E-state index contributed by atoms with van der Waals surface area (Å²) in [6, 6.07) is 6.82. The third kappa shape index (κ3) is 3.02. The Labute approximate surface area is 116 Å². The van der Waals surface area contributed by atoms with Gasteiger partial charge in [-0.15, -0.1) is 6.58 Å². The topological polar surface area (TPSA) is 41.3 Å². The fourth-order valence-electron chi connectivity index (χ4n) is 2.18. The number of nitrogens with zero attached hydrogens (tertiary/aromatic N) is 3. The second kappa shape index (κ2) is 6.58. The monoisotopic (exact) mass is 281 g/mol. The van der Waals surface area contributed by atoms with Gasteiger partial charge in [0.05, 0.1) is 24.2 Å². The molecule has 1 aromatic carbocycles. The van der Waals surface area contributed by atoms with Gasteiger partial charge >= 0.3 is 6.55 Å². The standard InChI is InChI=1S/C14H17F2N3O/c1-2-7-18(8-9-20)10-13-17-11-5-3-4-6-12(11)19(13)14(15)16/h2-6,14,20H,1,7-10H2. The van der Waals surface area contributed by atoms with Crippen molar-refractivity contribution in [1.82, 2.24) is 14.5 Å². The zero-order valence-electron chi connectivity index (χ0n) is 11.0. The van der Waals surface area contributed by atoms with E-state index in [2.05, 4.69) is 11.6 Å². The van der Waals surface area contributed by atoms with Crippen LogP contribution < -0.4 is 0 Å². The first-order valence-electron chi connectivity index (χ1n) is 6.35. The number of para-hydroxylation sites is 2. The molecule has 0 radical (unpaired) electrons. The van der Waals surface area contributed by atoms with Crippen LogP contribution in [-0.4, -0.2) is 39.3 Å². The normalized spacial score (nSPS) is 11.7. The maximum atomic E-state index is 13.2. The summed E-state index contributed by atoms with van der Waals surface area (Å²) in [5.41, 5.74) is 0.963. The van der Waals surface area contributed by atoms with E-state index in [1.54, 1.807) is 30.3 Å². The summed E-state index contributed by atoms with van der Waals surface area (Å²) in [6.07, 6.45) is 1.67. The van der Waals surface area contributed by atoms with Crippen molar-refractivity contribution in [3.8, 4) is 0 Å². The zero-order valence-corrected chi connectivity index (χ0v) is 11.0. The summed E-state index contributed by atoms with van der Waals surface area (Å²) >= 11 is 0. The number of benzene rings is 1. The molecule has 20 heavy (non-hydrogen) atoms. The van der Waals surface area contributed by atoms with Crippen molar-refractivity contribution in [2.24, 2.45) is 0 Å². The Morgan fingerprint density at radius 2 is 2.15 bits per heavy atom. The van der Waals surface area contributed by atoms with Crippen molar-refractivity contribution in [2.45, 2.75) is 13.1 Å². The van der Waals surface area contributed by atoms with Gasteiger partial charge in [-0.05, 0) is 12.1 Å². The molecule has 2 rings (SSSR count). The third-order valence-corrected chi connectivity index (χ3v) is 3.03. The molecule has 0 bridgehead atoms. The van der Waals surface area contributed by atoms with Gasteiger partial charge in [-0.1, -0.05) is 18.2 Å². The van der Waals surface area contributed by atoms with Crippen LogP contribution in [0.25, 0.3) is 11.0 Å². The van der Waals surface area contributed by atoms with E-state index in [0.29, 0.717) is 24.1 Å². The van der Waals surface area contributed by atoms with Crippen molar-refractivity contribution in [1.29, 1.82) is 0 Å². The van der Waals surface area contributed by atoms with Gasteiger partial charge in [-0.3, -0.25) is 9.47 Å². The van der Waals surface area contributed by atoms with E-state index in [0.717, 1.165) is 4.57 Å². The van der Waals surface area contributed by atoms with E-state index in [9.17, 15) is 8.78 Å². The van der Waals surface area contributed by atoms with E-state index in [-0.39, 0.29) is 19.0 Å². The number of alkyl halides is 2. The zero-order chi connectivity index (χ0) is 14.5. The summed E-state index contributed by atoms with van der Waals surface area (Å²) in [4.78, 5) is 6.08. The molecule has 0 saturated heterocycles. The van der Waals surface area contributed by atoms with Crippen molar-refractivity contribution < 1.29 is 13.9 Å². The van der Waals surface area contributed by atoms with Crippen molar-refractivity contribution in [3.05, 3.63) is 42.7 Å². The van der Waals surface area contributed by atoms with E-state index >= 15 is 0 Å². The molecule has 1 heterocycles. The minimum absolute atomic E-state index is 0.0389. The van der Waals surface area contributed by atoms with Gasteiger partial charge in [-0.25, -0.2) is 4.98 Å². The molecule has 0 saturated carbocycles. The highest BCUT2D eigenvalue weighted by atomic mass is 19.3. The van der Waals surface area contributed by atoms with Crippen molar-refractivity contribution in [2.75, 3.05) is 19.7 Å². The van der Waals surface area contributed by atoms with Crippen LogP contribution in [0.4, 0.5) is 8.78 Å². The molecule has 108 valence electrons. The van der Waals surface area contributed by atoms with E-state index in [1.807, 2.05) is 4.90 Å². The van der Waals surface area contributed by atoms with Gasteiger partial charge in [0, 0.05) is 13.1 Å². The quantitative estimate of drug-likeness (QED) is 0.792. The summed E-state index contributed by atoms with van der Waals surface area (Å²) in [5, 5.41) is 9.01. The number of aliphatic hydroxyl groups is 1. The van der Waals surface area contributed by atoms with Crippen LogP contribution in [0, 0.1) is 0 Å². The molecule has 2 aromatic rings. The Balaban J connectivity index is 2.37. The molecular formula is C14H17F2N3O. The number of fused-ring (bicyclic) bond motifs is 1. The predicted octanol–water partition coefficient (Wildman–Crippen LogP) is 2.41. The molecule has 0 spiro atoms. The Kier molecular flexibility index (Phi) is 4.81.